The maximum absolute atomic E-state index is 12.9. The Morgan fingerprint density at radius 1 is 1.38 bits per heavy atom. The van der Waals surface area contributed by atoms with E-state index in [0.29, 0.717) is 24.6 Å². The summed E-state index contributed by atoms with van der Waals surface area (Å²) < 4.78 is 17.5. The van der Waals surface area contributed by atoms with Gasteiger partial charge in [0.2, 0.25) is 5.91 Å². The van der Waals surface area contributed by atoms with Crippen LogP contribution in [0, 0.1) is 5.82 Å². The van der Waals surface area contributed by atoms with Crippen LogP contribution in [0.3, 0.4) is 0 Å². The molecule has 0 spiro atoms. The Morgan fingerprint density at radius 3 is 2.83 bits per heavy atom. The fraction of sp³-hybridized carbons (Fsp3) is 0.312. The lowest BCUT2D eigenvalue weighted by atomic mass is 10.1. The predicted molar refractivity (Wildman–Crippen MR) is 87.4 cm³/mol. The molecule has 2 amide bonds. The molecule has 2 heterocycles. The first-order valence-corrected chi connectivity index (χ1v) is 8.22. The second-order valence-corrected chi connectivity index (χ2v) is 6.46. The molecule has 0 aliphatic carbocycles. The van der Waals surface area contributed by atoms with Gasteiger partial charge in [-0.1, -0.05) is 23.5 Å². The molecule has 3 rings (SSSR count). The molecule has 0 bridgehead atoms. The van der Waals surface area contributed by atoms with Gasteiger partial charge < -0.3 is 9.64 Å². The van der Waals surface area contributed by atoms with Crippen LogP contribution in [-0.4, -0.2) is 35.5 Å². The normalized spacial score (nSPS) is 13.3. The van der Waals surface area contributed by atoms with Gasteiger partial charge in [0.25, 0.3) is 0 Å². The van der Waals surface area contributed by atoms with Crippen molar-refractivity contribution in [2.75, 3.05) is 19.0 Å². The number of anilines is 1. The third kappa shape index (κ3) is 3.70. The van der Waals surface area contributed by atoms with Crippen molar-refractivity contribution in [3.05, 3.63) is 46.2 Å². The summed E-state index contributed by atoms with van der Waals surface area (Å²) in [6, 6.07) is 5.94. The Hall–Kier alpha value is -2.48. The number of amides is 2. The molecule has 6 nitrogen and oxygen atoms in total. The van der Waals surface area contributed by atoms with Crippen molar-refractivity contribution in [1.82, 2.24) is 9.88 Å². The molecule has 1 aromatic heterocycles. The van der Waals surface area contributed by atoms with Crippen LogP contribution in [0.4, 0.5) is 14.3 Å². The van der Waals surface area contributed by atoms with E-state index in [4.69, 9.17) is 0 Å². The average Bonchev–Trinajstić information content (AvgIpc) is 2.97. The third-order valence-electron chi connectivity index (χ3n) is 3.75. The number of aromatic nitrogens is 1. The Balaban J connectivity index is 1.64. The number of carbonyl (C=O) groups excluding carboxylic acids is 2. The molecule has 0 unspecified atom stereocenters. The highest BCUT2D eigenvalue weighted by molar-refractivity contribution is 7.15. The molecule has 24 heavy (non-hydrogen) atoms. The van der Waals surface area contributed by atoms with Gasteiger partial charge in [0.1, 0.15) is 5.82 Å². The lowest BCUT2D eigenvalue weighted by Crippen LogP contribution is -2.36. The molecule has 2 aromatic rings. The maximum Gasteiger partial charge on any atom is 0.413 e. The first-order chi connectivity index (χ1) is 11.5. The summed E-state index contributed by atoms with van der Waals surface area (Å²) in [7, 11) is 1.29. The Morgan fingerprint density at radius 2 is 2.12 bits per heavy atom. The summed E-state index contributed by atoms with van der Waals surface area (Å²) in [4.78, 5) is 30.7. The second kappa shape index (κ2) is 6.96. The number of carbonyl (C=O) groups is 2. The van der Waals surface area contributed by atoms with Gasteiger partial charge in [-0.05, 0) is 17.7 Å². The van der Waals surface area contributed by atoms with Crippen molar-refractivity contribution in [3.63, 3.8) is 0 Å². The van der Waals surface area contributed by atoms with E-state index < -0.39 is 6.09 Å². The first-order valence-electron chi connectivity index (χ1n) is 7.41. The fourth-order valence-corrected chi connectivity index (χ4v) is 3.50. The number of thiazole rings is 1. The molecule has 1 N–H and O–H groups in total. The number of fused-ring (bicyclic) bond motifs is 1. The van der Waals surface area contributed by atoms with Gasteiger partial charge in [-0.15, -0.1) is 0 Å². The molecule has 1 aliphatic heterocycles. The zero-order valence-corrected chi connectivity index (χ0v) is 13.9. The van der Waals surface area contributed by atoms with Crippen LogP contribution in [0.15, 0.2) is 24.3 Å². The number of methoxy groups -OCH3 is 1. The van der Waals surface area contributed by atoms with Crippen molar-refractivity contribution in [2.45, 2.75) is 19.4 Å². The zero-order chi connectivity index (χ0) is 17.1. The number of nitrogens with zero attached hydrogens (tertiary/aromatic N) is 2. The van der Waals surface area contributed by atoms with Crippen molar-refractivity contribution in [1.29, 1.82) is 0 Å². The molecule has 1 aliphatic rings. The molecule has 1 aromatic carbocycles. The molecule has 126 valence electrons. The highest BCUT2D eigenvalue weighted by Gasteiger charge is 2.24. The van der Waals surface area contributed by atoms with Crippen LogP contribution in [0.1, 0.15) is 16.1 Å². The van der Waals surface area contributed by atoms with Crippen LogP contribution in [-0.2, 0) is 28.9 Å². The number of benzene rings is 1. The minimum Gasteiger partial charge on any atom is -0.453 e. The van der Waals surface area contributed by atoms with Crippen LogP contribution in [0.25, 0.3) is 0 Å². The van der Waals surface area contributed by atoms with Gasteiger partial charge in [-0.3, -0.25) is 10.1 Å². The monoisotopic (exact) mass is 349 g/mol. The summed E-state index contributed by atoms with van der Waals surface area (Å²) >= 11 is 1.34. The largest absolute Gasteiger partial charge is 0.453 e. The van der Waals surface area contributed by atoms with Gasteiger partial charge >= 0.3 is 6.09 Å². The first kappa shape index (κ1) is 16.4. The smallest absolute Gasteiger partial charge is 0.413 e. The van der Waals surface area contributed by atoms with Crippen molar-refractivity contribution < 1.29 is 18.7 Å². The van der Waals surface area contributed by atoms with Crippen molar-refractivity contribution >= 4 is 28.5 Å². The van der Waals surface area contributed by atoms with Gasteiger partial charge in [0.15, 0.2) is 5.13 Å². The number of ether oxygens (including phenoxy) is 1. The molecular formula is C16H16FN3O3S. The van der Waals surface area contributed by atoms with Crippen LogP contribution in [0.5, 0.6) is 0 Å². The van der Waals surface area contributed by atoms with Crippen LogP contribution in [0.2, 0.25) is 0 Å². The van der Waals surface area contributed by atoms with Crippen LogP contribution >= 0.6 is 11.3 Å². The summed E-state index contributed by atoms with van der Waals surface area (Å²) in [6.45, 7) is 1.05. The predicted octanol–water partition coefficient (Wildman–Crippen LogP) is 2.59. The molecular weight excluding hydrogens is 333 g/mol. The molecule has 8 heteroatoms. The average molecular weight is 349 g/mol. The van der Waals surface area contributed by atoms with Gasteiger partial charge in [0, 0.05) is 17.8 Å². The van der Waals surface area contributed by atoms with Gasteiger partial charge in [0.05, 0.1) is 25.8 Å². The standard InChI is InChI=1S/C16H16FN3O3S/c1-23-16(22)19-15-18-12-6-7-20(9-13(12)24-15)14(21)8-10-2-4-11(17)5-3-10/h2-5H,6-9H2,1H3,(H,18,19,22). The minimum atomic E-state index is -0.565. The molecule has 0 saturated carbocycles. The summed E-state index contributed by atoms with van der Waals surface area (Å²) in [5.74, 6) is -0.327. The number of hydrogen-bond donors (Lipinski definition) is 1. The number of hydrogen-bond acceptors (Lipinski definition) is 5. The molecule has 0 radical (unpaired) electrons. The SMILES string of the molecule is COC(=O)Nc1nc2c(s1)CN(C(=O)Cc1ccc(F)cc1)CC2. The van der Waals surface area contributed by atoms with E-state index >= 15 is 0 Å². The lowest BCUT2D eigenvalue weighted by Gasteiger charge is -2.26. The summed E-state index contributed by atoms with van der Waals surface area (Å²) in [6.07, 6.45) is 0.316. The van der Waals surface area contributed by atoms with Crippen LogP contribution < -0.4 is 5.32 Å². The van der Waals surface area contributed by atoms with E-state index in [9.17, 15) is 14.0 Å². The van der Waals surface area contributed by atoms with E-state index in [2.05, 4.69) is 15.0 Å². The Bertz CT molecular complexity index is 760. The van der Waals surface area contributed by atoms with E-state index in [1.165, 1.54) is 30.6 Å². The lowest BCUT2D eigenvalue weighted by molar-refractivity contribution is -0.131. The quantitative estimate of drug-likeness (QED) is 0.924. The zero-order valence-electron chi connectivity index (χ0n) is 13.0. The van der Waals surface area contributed by atoms with Crippen molar-refractivity contribution in [2.24, 2.45) is 0 Å². The number of rotatable bonds is 3. The maximum atomic E-state index is 12.9. The molecule has 0 atom stereocenters. The fourth-order valence-electron chi connectivity index (χ4n) is 2.49. The number of halogens is 1. The molecule has 0 fully saturated rings. The topological polar surface area (TPSA) is 71.5 Å². The van der Waals surface area contributed by atoms with Gasteiger partial charge in [-0.2, -0.15) is 0 Å². The van der Waals surface area contributed by atoms with Gasteiger partial charge in [-0.25, -0.2) is 14.2 Å². The van der Waals surface area contributed by atoms with E-state index in [0.717, 1.165) is 16.1 Å². The summed E-state index contributed by atoms with van der Waals surface area (Å²) in [5.41, 5.74) is 1.68. The second-order valence-electron chi connectivity index (χ2n) is 5.37. The summed E-state index contributed by atoms with van der Waals surface area (Å²) in [5, 5.41) is 3.02. The van der Waals surface area contributed by atoms with E-state index in [1.54, 1.807) is 17.0 Å². The third-order valence-corrected chi connectivity index (χ3v) is 4.74. The highest BCUT2D eigenvalue weighted by Crippen LogP contribution is 2.28. The Kier molecular flexibility index (Phi) is 4.75. The minimum absolute atomic E-state index is 0.0110. The Labute approximate surface area is 142 Å². The number of nitrogens with one attached hydrogen (secondary N) is 1. The highest BCUT2D eigenvalue weighted by atomic mass is 32.1. The van der Waals surface area contributed by atoms with E-state index in [1.807, 2.05) is 0 Å². The van der Waals surface area contributed by atoms with Crippen molar-refractivity contribution in [3.8, 4) is 0 Å². The molecule has 0 saturated heterocycles. The van der Waals surface area contributed by atoms with E-state index in [-0.39, 0.29) is 18.1 Å².